The molecule has 0 aliphatic heterocycles. The largest absolute Gasteiger partial charge is 0.338 e. The molecule has 0 saturated heterocycles. The van der Waals surface area contributed by atoms with Gasteiger partial charge in [0, 0.05) is 11.3 Å². The summed E-state index contributed by atoms with van der Waals surface area (Å²) in [6.45, 7) is 15.6. The molecular formula is C23H29FN2. The number of benzene rings is 1. The van der Waals surface area contributed by atoms with Gasteiger partial charge in [-0.25, -0.2) is 9.38 Å². The van der Waals surface area contributed by atoms with Gasteiger partial charge in [-0.1, -0.05) is 49.4 Å². The van der Waals surface area contributed by atoms with E-state index in [2.05, 4.69) is 23.5 Å². The Morgan fingerprint density at radius 1 is 1.27 bits per heavy atom. The van der Waals surface area contributed by atoms with Crippen molar-refractivity contribution in [2.24, 2.45) is 4.99 Å². The zero-order valence-corrected chi connectivity index (χ0v) is 16.3. The lowest BCUT2D eigenvalue weighted by Gasteiger charge is -2.29. The van der Waals surface area contributed by atoms with E-state index in [-0.39, 0.29) is 5.82 Å². The highest BCUT2D eigenvalue weighted by Gasteiger charge is 2.25. The number of hydrogen-bond donors (Lipinski definition) is 1. The molecule has 1 aromatic rings. The molecule has 0 bridgehead atoms. The van der Waals surface area contributed by atoms with Crippen molar-refractivity contribution in [1.29, 1.82) is 0 Å². The van der Waals surface area contributed by atoms with Crippen LogP contribution in [-0.2, 0) is 0 Å². The number of hydrogen-bond acceptors (Lipinski definition) is 2. The second-order valence-electron chi connectivity index (χ2n) is 7.01. The van der Waals surface area contributed by atoms with Gasteiger partial charge in [0.15, 0.2) is 5.82 Å². The molecule has 1 aliphatic rings. The third-order valence-corrected chi connectivity index (χ3v) is 4.64. The smallest absolute Gasteiger partial charge is 0.154 e. The minimum absolute atomic E-state index is 0.265. The Bertz CT molecular complexity index is 789. The number of aliphatic imine (C=N–C) groups is 1. The fourth-order valence-corrected chi connectivity index (χ4v) is 3.22. The third kappa shape index (κ3) is 4.60. The molecule has 1 aliphatic carbocycles. The van der Waals surface area contributed by atoms with Crippen LogP contribution in [0.15, 0.2) is 59.9 Å². The van der Waals surface area contributed by atoms with Gasteiger partial charge in [0.1, 0.15) is 5.82 Å². The second kappa shape index (κ2) is 8.79. The van der Waals surface area contributed by atoms with E-state index in [9.17, 15) is 0 Å². The van der Waals surface area contributed by atoms with Crippen LogP contribution in [0.4, 0.5) is 10.1 Å². The molecule has 3 heteroatoms. The number of halogens is 1. The van der Waals surface area contributed by atoms with Crippen molar-refractivity contribution in [3.63, 3.8) is 0 Å². The Kier molecular flexibility index (Phi) is 6.73. The van der Waals surface area contributed by atoms with Crippen molar-refractivity contribution in [3.8, 4) is 0 Å². The first-order chi connectivity index (χ1) is 12.4. The summed E-state index contributed by atoms with van der Waals surface area (Å²) in [5.41, 5.74) is 4.82. The molecule has 0 unspecified atom stereocenters. The lowest BCUT2D eigenvalue weighted by molar-refractivity contribution is 0.419. The molecule has 0 aromatic heterocycles. The summed E-state index contributed by atoms with van der Waals surface area (Å²) in [7, 11) is 0. The molecule has 0 heterocycles. The summed E-state index contributed by atoms with van der Waals surface area (Å²) in [5.74, 6) is 0.574. The standard InChI is InChI=1S/C23H29FN2/c1-7-18(8-2)20-12-13-21(19-10-9-11-19)23(22(20)24)26-17(6)25-16(5)14-15(3)4/h7-8,12-14,19,26H,1,6,9-11H2,2-5H3/b18-8+,25-16?. The van der Waals surface area contributed by atoms with Gasteiger partial charge in [0.2, 0.25) is 0 Å². The number of allylic oxidation sites excluding steroid dienone is 5. The molecule has 2 nitrogen and oxygen atoms in total. The van der Waals surface area contributed by atoms with E-state index < -0.39 is 0 Å². The van der Waals surface area contributed by atoms with Crippen LogP contribution < -0.4 is 5.32 Å². The Morgan fingerprint density at radius 2 is 1.96 bits per heavy atom. The number of nitrogens with one attached hydrogen (secondary N) is 1. The van der Waals surface area contributed by atoms with Gasteiger partial charge in [0.05, 0.1) is 5.69 Å². The van der Waals surface area contributed by atoms with E-state index in [1.807, 2.05) is 52.0 Å². The molecule has 1 N–H and O–H groups in total. The van der Waals surface area contributed by atoms with E-state index in [0.717, 1.165) is 35.3 Å². The average molecular weight is 352 g/mol. The molecule has 1 saturated carbocycles. The van der Waals surface area contributed by atoms with Crippen LogP contribution in [0.25, 0.3) is 5.57 Å². The maximum absolute atomic E-state index is 15.3. The first-order valence-electron chi connectivity index (χ1n) is 9.15. The number of nitrogens with zero attached hydrogens (tertiary/aromatic N) is 1. The summed E-state index contributed by atoms with van der Waals surface area (Å²) in [6.07, 6.45) is 8.90. The van der Waals surface area contributed by atoms with E-state index in [0.29, 0.717) is 23.0 Å². The monoisotopic (exact) mass is 352 g/mol. The average Bonchev–Trinajstić information content (AvgIpc) is 2.51. The zero-order chi connectivity index (χ0) is 19.3. The Hall–Kier alpha value is -2.42. The van der Waals surface area contributed by atoms with Crippen LogP contribution >= 0.6 is 0 Å². The van der Waals surface area contributed by atoms with Crippen molar-refractivity contribution in [2.45, 2.75) is 52.9 Å². The maximum Gasteiger partial charge on any atom is 0.154 e. The van der Waals surface area contributed by atoms with Crippen molar-refractivity contribution >= 4 is 17.0 Å². The van der Waals surface area contributed by atoms with Crippen LogP contribution in [0.3, 0.4) is 0 Å². The van der Waals surface area contributed by atoms with Gasteiger partial charge in [-0.05, 0) is 63.7 Å². The lowest BCUT2D eigenvalue weighted by Crippen LogP contribution is -2.14. The van der Waals surface area contributed by atoms with E-state index in [4.69, 9.17) is 0 Å². The Labute approximate surface area is 156 Å². The summed E-state index contributed by atoms with van der Waals surface area (Å²) in [6, 6.07) is 3.88. The quantitative estimate of drug-likeness (QED) is 0.415. The van der Waals surface area contributed by atoms with Crippen LogP contribution in [0.5, 0.6) is 0 Å². The van der Waals surface area contributed by atoms with Crippen molar-refractivity contribution in [1.82, 2.24) is 0 Å². The molecule has 0 radical (unpaired) electrons. The number of rotatable bonds is 7. The third-order valence-electron chi connectivity index (χ3n) is 4.64. The zero-order valence-electron chi connectivity index (χ0n) is 16.3. The fourth-order valence-electron chi connectivity index (χ4n) is 3.22. The summed E-state index contributed by atoms with van der Waals surface area (Å²) in [4.78, 5) is 4.45. The van der Waals surface area contributed by atoms with Crippen LogP contribution in [0.2, 0.25) is 0 Å². The molecule has 0 spiro atoms. The lowest BCUT2D eigenvalue weighted by atomic mass is 9.78. The van der Waals surface area contributed by atoms with Crippen molar-refractivity contribution in [3.05, 3.63) is 71.9 Å². The fraction of sp³-hybridized carbons (Fsp3) is 0.348. The second-order valence-corrected chi connectivity index (χ2v) is 7.01. The van der Waals surface area contributed by atoms with Crippen molar-refractivity contribution < 1.29 is 4.39 Å². The molecule has 0 atom stereocenters. The van der Waals surface area contributed by atoms with Gasteiger partial charge >= 0.3 is 0 Å². The van der Waals surface area contributed by atoms with E-state index >= 15 is 4.39 Å². The van der Waals surface area contributed by atoms with Gasteiger partial charge in [-0.15, -0.1) is 0 Å². The highest BCUT2D eigenvalue weighted by Crippen LogP contribution is 2.42. The highest BCUT2D eigenvalue weighted by atomic mass is 19.1. The minimum Gasteiger partial charge on any atom is -0.338 e. The summed E-state index contributed by atoms with van der Waals surface area (Å²) >= 11 is 0. The number of anilines is 1. The van der Waals surface area contributed by atoms with Crippen LogP contribution in [0.1, 0.15) is 64.0 Å². The van der Waals surface area contributed by atoms with E-state index in [1.54, 1.807) is 6.08 Å². The van der Waals surface area contributed by atoms with Gasteiger partial charge in [-0.3, -0.25) is 0 Å². The Balaban J connectivity index is 2.43. The van der Waals surface area contributed by atoms with Gasteiger partial charge in [-0.2, -0.15) is 0 Å². The molecular weight excluding hydrogens is 323 g/mol. The molecule has 2 rings (SSSR count). The molecule has 138 valence electrons. The first-order valence-corrected chi connectivity index (χ1v) is 9.15. The normalized spacial score (nSPS) is 15.3. The predicted octanol–water partition coefficient (Wildman–Crippen LogP) is 6.99. The minimum atomic E-state index is -0.265. The molecule has 1 aromatic carbocycles. The predicted molar refractivity (Wildman–Crippen MR) is 112 cm³/mol. The highest BCUT2D eigenvalue weighted by molar-refractivity contribution is 5.94. The first kappa shape index (κ1) is 19.9. The molecule has 1 fully saturated rings. The van der Waals surface area contributed by atoms with Crippen LogP contribution in [-0.4, -0.2) is 5.71 Å². The van der Waals surface area contributed by atoms with Gasteiger partial charge < -0.3 is 5.32 Å². The van der Waals surface area contributed by atoms with Crippen LogP contribution in [0, 0.1) is 5.82 Å². The molecule has 26 heavy (non-hydrogen) atoms. The summed E-state index contributed by atoms with van der Waals surface area (Å²) in [5, 5.41) is 3.13. The summed E-state index contributed by atoms with van der Waals surface area (Å²) < 4.78 is 15.3. The maximum atomic E-state index is 15.3. The van der Waals surface area contributed by atoms with Gasteiger partial charge in [0.25, 0.3) is 0 Å². The Morgan fingerprint density at radius 3 is 2.46 bits per heavy atom. The molecule has 0 amide bonds. The van der Waals surface area contributed by atoms with E-state index in [1.165, 1.54) is 6.42 Å². The van der Waals surface area contributed by atoms with Crippen molar-refractivity contribution in [2.75, 3.05) is 5.32 Å². The topological polar surface area (TPSA) is 24.4 Å². The SMILES string of the molecule is C=C/C(=C\C)c1ccc(C2CCC2)c(NC(=C)N=C(C)C=C(C)C)c1F.